The molecule has 0 saturated heterocycles. The van der Waals surface area contributed by atoms with E-state index in [1.807, 2.05) is 19.1 Å². The van der Waals surface area contributed by atoms with Crippen LogP contribution in [0.5, 0.6) is 0 Å². The summed E-state index contributed by atoms with van der Waals surface area (Å²) in [5.74, 6) is -0.916. The van der Waals surface area contributed by atoms with Crippen molar-refractivity contribution < 1.29 is 14.3 Å². The molecule has 5 heteroatoms. The Balaban J connectivity index is 2.59. The van der Waals surface area contributed by atoms with E-state index < -0.39 is 11.9 Å². The molecule has 20 heavy (non-hydrogen) atoms. The molecule has 1 atom stereocenters. The molecule has 1 aromatic rings. The largest absolute Gasteiger partial charge is 0.468 e. The minimum absolute atomic E-state index is 0.0877. The van der Waals surface area contributed by atoms with Crippen LogP contribution in [0.15, 0.2) is 29.2 Å². The zero-order valence-electron chi connectivity index (χ0n) is 11.7. The molecule has 0 spiro atoms. The van der Waals surface area contributed by atoms with Crippen LogP contribution in [-0.2, 0) is 14.3 Å². The lowest BCUT2D eigenvalue weighted by molar-refractivity contribution is -0.149. The van der Waals surface area contributed by atoms with Crippen LogP contribution >= 0.6 is 23.4 Å². The van der Waals surface area contributed by atoms with Gasteiger partial charge in [-0.3, -0.25) is 9.59 Å². The molecule has 0 saturated carbocycles. The third-order valence-corrected chi connectivity index (χ3v) is 4.15. The lowest BCUT2D eigenvalue weighted by Gasteiger charge is -2.12. The van der Waals surface area contributed by atoms with Crippen LogP contribution < -0.4 is 0 Å². The number of benzene rings is 1. The fraction of sp³-hybridized carbons (Fsp3) is 0.467. The Bertz CT molecular complexity index is 462. The molecule has 0 aliphatic rings. The summed E-state index contributed by atoms with van der Waals surface area (Å²) in [5.41, 5.74) is 0. The zero-order chi connectivity index (χ0) is 15.0. The van der Waals surface area contributed by atoms with Gasteiger partial charge in [0.1, 0.15) is 5.92 Å². The topological polar surface area (TPSA) is 43.4 Å². The third-order valence-electron chi connectivity index (χ3n) is 2.90. The van der Waals surface area contributed by atoms with Gasteiger partial charge in [-0.1, -0.05) is 37.4 Å². The van der Waals surface area contributed by atoms with Gasteiger partial charge in [0.25, 0.3) is 0 Å². The Hall–Kier alpha value is -1.00. The maximum atomic E-state index is 12.2. The standard InChI is InChI=1S/C15H19ClO3S/c1-3-4-8-13(15(18)19-2)14(17)10-20-12-7-5-6-11(16)9-12/h5-7,9,13H,3-4,8,10H2,1-2H3. The first kappa shape index (κ1) is 17.1. The van der Waals surface area contributed by atoms with Gasteiger partial charge in [-0.2, -0.15) is 0 Å². The van der Waals surface area contributed by atoms with Crippen LogP contribution in [0.2, 0.25) is 5.02 Å². The maximum absolute atomic E-state index is 12.2. The normalized spacial score (nSPS) is 11.9. The van der Waals surface area contributed by atoms with E-state index >= 15 is 0 Å². The molecule has 0 bridgehead atoms. The van der Waals surface area contributed by atoms with Crippen LogP contribution in [0.3, 0.4) is 0 Å². The molecule has 0 N–H and O–H groups in total. The number of carbonyl (C=O) groups is 2. The molecular formula is C15H19ClO3S. The van der Waals surface area contributed by atoms with E-state index in [4.69, 9.17) is 16.3 Å². The van der Waals surface area contributed by atoms with Gasteiger partial charge in [0.2, 0.25) is 0 Å². The second kappa shape index (κ2) is 9.03. The van der Waals surface area contributed by atoms with Crippen molar-refractivity contribution in [1.29, 1.82) is 0 Å². The van der Waals surface area contributed by atoms with Crippen LogP contribution in [0.4, 0.5) is 0 Å². The molecule has 110 valence electrons. The zero-order valence-corrected chi connectivity index (χ0v) is 13.3. The van der Waals surface area contributed by atoms with Gasteiger partial charge in [-0.15, -0.1) is 11.8 Å². The van der Waals surface area contributed by atoms with E-state index in [-0.39, 0.29) is 11.5 Å². The average molecular weight is 315 g/mol. The summed E-state index contributed by atoms with van der Waals surface area (Å²) >= 11 is 7.28. The van der Waals surface area contributed by atoms with Crippen molar-refractivity contribution in [3.8, 4) is 0 Å². The lowest BCUT2D eigenvalue weighted by Crippen LogP contribution is -2.26. The number of carbonyl (C=O) groups excluding carboxylic acids is 2. The van der Waals surface area contributed by atoms with Gasteiger partial charge in [0.05, 0.1) is 12.9 Å². The average Bonchev–Trinajstić information content (AvgIpc) is 2.45. The van der Waals surface area contributed by atoms with Crippen LogP contribution in [0, 0.1) is 5.92 Å². The number of hydrogen-bond donors (Lipinski definition) is 0. The van der Waals surface area contributed by atoms with Crippen molar-refractivity contribution >= 4 is 35.1 Å². The Labute approximate surface area is 129 Å². The second-order valence-corrected chi connectivity index (χ2v) is 5.92. The number of methoxy groups -OCH3 is 1. The van der Waals surface area contributed by atoms with Gasteiger partial charge < -0.3 is 4.74 Å². The molecule has 0 heterocycles. The summed E-state index contributed by atoms with van der Waals surface area (Å²) in [5, 5.41) is 0.637. The van der Waals surface area contributed by atoms with Crippen molar-refractivity contribution in [2.75, 3.05) is 12.9 Å². The number of ketones is 1. The smallest absolute Gasteiger partial charge is 0.316 e. The predicted molar refractivity (Wildman–Crippen MR) is 82.2 cm³/mol. The van der Waals surface area contributed by atoms with E-state index in [9.17, 15) is 9.59 Å². The highest BCUT2D eigenvalue weighted by molar-refractivity contribution is 8.00. The van der Waals surface area contributed by atoms with Crippen molar-refractivity contribution in [3.63, 3.8) is 0 Å². The fourth-order valence-electron chi connectivity index (χ4n) is 1.77. The van der Waals surface area contributed by atoms with E-state index in [1.54, 1.807) is 12.1 Å². The number of unbranched alkanes of at least 4 members (excludes halogenated alkanes) is 1. The van der Waals surface area contributed by atoms with Gasteiger partial charge in [0.15, 0.2) is 5.78 Å². The van der Waals surface area contributed by atoms with Crippen molar-refractivity contribution in [2.45, 2.75) is 31.1 Å². The summed E-state index contributed by atoms with van der Waals surface area (Å²) in [6.07, 6.45) is 2.34. The third kappa shape index (κ3) is 5.55. The molecule has 0 radical (unpaired) electrons. The predicted octanol–water partition coefficient (Wildman–Crippen LogP) is 3.98. The Morgan fingerprint density at radius 3 is 2.75 bits per heavy atom. The van der Waals surface area contributed by atoms with Crippen LogP contribution in [-0.4, -0.2) is 24.6 Å². The SMILES string of the molecule is CCCCC(C(=O)CSc1cccc(Cl)c1)C(=O)OC. The summed E-state index contributed by atoms with van der Waals surface area (Å²) in [6, 6.07) is 7.32. The summed E-state index contributed by atoms with van der Waals surface area (Å²) in [6.45, 7) is 2.03. The van der Waals surface area contributed by atoms with E-state index in [2.05, 4.69) is 0 Å². The Morgan fingerprint density at radius 2 is 2.15 bits per heavy atom. The quantitative estimate of drug-likeness (QED) is 0.413. The molecule has 0 fully saturated rings. The van der Waals surface area contributed by atoms with Crippen molar-refractivity contribution in [1.82, 2.24) is 0 Å². The van der Waals surface area contributed by atoms with E-state index in [1.165, 1.54) is 18.9 Å². The summed E-state index contributed by atoms with van der Waals surface area (Å²) in [4.78, 5) is 24.7. The van der Waals surface area contributed by atoms with E-state index in [0.29, 0.717) is 11.4 Å². The highest BCUT2D eigenvalue weighted by Crippen LogP contribution is 2.23. The Morgan fingerprint density at radius 1 is 1.40 bits per heavy atom. The summed E-state index contributed by atoms with van der Waals surface area (Å²) in [7, 11) is 1.32. The molecule has 0 aromatic heterocycles. The van der Waals surface area contributed by atoms with Gasteiger partial charge in [0, 0.05) is 9.92 Å². The van der Waals surface area contributed by atoms with Gasteiger partial charge in [-0.25, -0.2) is 0 Å². The first-order valence-electron chi connectivity index (χ1n) is 6.57. The number of ether oxygens (including phenoxy) is 1. The molecular weight excluding hydrogens is 296 g/mol. The molecule has 0 amide bonds. The monoisotopic (exact) mass is 314 g/mol. The molecule has 3 nitrogen and oxygen atoms in total. The second-order valence-electron chi connectivity index (χ2n) is 4.43. The van der Waals surface area contributed by atoms with Crippen LogP contribution in [0.1, 0.15) is 26.2 Å². The Kier molecular flexibility index (Phi) is 7.70. The molecule has 0 aliphatic heterocycles. The van der Waals surface area contributed by atoms with Gasteiger partial charge in [-0.05, 0) is 24.6 Å². The van der Waals surface area contributed by atoms with Crippen molar-refractivity contribution in [2.24, 2.45) is 5.92 Å². The highest BCUT2D eigenvalue weighted by Gasteiger charge is 2.26. The van der Waals surface area contributed by atoms with Crippen LogP contribution in [0.25, 0.3) is 0 Å². The molecule has 1 rings (SSSR count). The highest BCUT2D eigenvalue weighted by atomic mass is 35.5. The first-order valence-corrected chi connectivity index (χ1v) is 7.93. The number of rotatable bonds is 8. The maximum Gasteiger partial charge on any atom is 0.316 e. The number of esters is 1. The minimum Gasteiger partial charge on any atom is -0.468 e. The molecule has 1 unspecified atom stereocenters. The van der Waals surface area contributed by atoms with Crippen molar-refractivity contribution in [3.05, 3.63) is 29.3 Å². The fourth-order valence-corrected chi connectivity index (χ4v) is 2.92. The van der Waals surface area contributed by atoms with E-state index in [0.717, 1.165) is 17.7 Å². The number of halogens is 1. The summed E-state index contributed by atoms with van der Waals surface area (Å²) < 4.78 is 4.71. The molecule has 0 aliphatic carbocycles. The first-order chi connectivity index (χ1) is 9.58. The van der Waals surface area contributed by atoms with Gasteiger partial charge >= 0.3 is 5.97 Å². The number of hydrogen-bond acceptors (Lipinski definition) is 4. The number of thioether (sulfide) groups is 1. The number of Topliss-reactive ketones (excluding diaryl/α,β-unsaturated/α-hetero) is 1. The molecule has 1 aromatic carbocycles. The minimum atomic E-state index is -0.647. The lowest BCUT2D eigenvalue weighted by atomic mass is 9.98.